The van der Waals surface area contributed by atoms with Crippen LogP contribution in [0.4, 0.5) is 18.9 Å². The number of aldehydes is 1. The number of fused-ring (bicyclic) bond motifs is 1. The molecule has 2 aliphatic rings. The van der Waals surface area contributed by atoms with Crippen LogP contribution in [0, 0.1) is 5.92 Å². The predicted octanol–water partition coefficient (Wildman–Crippen LogP) is 5.17. The summed E-state index contributed by atoms with van der Waals surface area (Å²) < 4.78 is 44.5. The van der Waals surface area contributed by atoms with E-state index in [4.69, 9.17) is 4.74 Å². The number of hydrogen-bond acceptors (Lipinski definition) is 5. The largest absolute Gasteiger partial charge is 0.495 e. The summed E-state index contributed by atoms with van der Waals surface area (Å²) >= 11 is 0. The second kappa shape index (κ2) is 9.02. The highest BCUT2D eigenvalue weighted by Gasteiger charge is 2.42. The van der Waals surface area contributed by atoms with Gasteiger partial charge in [-0.1, -0.05) is 6.07 Å². The molecule has 6 nitrogen and oxygen atoms in total. The first-order valence-corrected chi connectivity index (χ1v) is 11.3. The van der Waals surface area contributed by atoms with Crippen molar-refractivity contribution in [3.8, 4) is 5.75 Å². The molecule has 0 saturated heterocycles. The molecule has 0 radical (unpaired) electrons. The fourth-order valence-corrected chi connectivity index (χ4v) is 5.17. The molecule has 1 N–H and O–H groups in total. The Bertz CT molecular complexity index is 1090. The molecule has 182 valence electrons. The van der Waals surface area contributed by atoms with E-state index < -0.39 is 17.8 Å². The summed E-state index contributed by atoms with van der Waals surface area (Å²) in [4.78, 5) is 29.8. The van der Waals surface area contributed by atoms with Crippen molar-refractivity contribution in [2.45, 2.75) is 63.8 Å². The Labute approximate surface area is 196 Å². The normalized spacial score (nSPS) is 22.2. The van der Waals surface area contributed by atoms with Gasteiger partial charge in [0.2, 0.25) is 0 Å². The molecule has 34 heavy (non-hydrogen) atoms. The van der Waals surface area contributed by atoms with E-state index in [1.165, 1.54) is 13.2 Å². The van der Waals surface area contributed by atoms with Crippen LogP contribution in [0.15, 0.2) is 30.3 Å². The van der Waals surface area contributed by atoms with Crippen LogP contribution in [-0.4, -0.2) is 35.2 Å². The number of nitrogens with zero attached hydrogens (tertiary/aromatic N) is 2. The van der Waals surface area contributed by atoms with Crippen molar-refractivity contribution < 1.29 is 27.5 Å². The summed E-state index contributed by atoms with van der Waals surface area (Å²) in [6.45, 7) is 4.97. The van der Waals surface area contributed by atoms with Gasteiger partial charge in [-0.05, 0) is 74.9 Å². The average Bonchev–Trinajstić information content (AvgIpc) is 3.07. The summed E-state index contributed by atoms with van der Waals surface area (Å²) in [7, 11) is 1.49. The van der Waals surface area contributed by atoms with Crippen LogP contribution in [0.2, 0.25) is 0 Å². The molecule has 1 aromatic heterocycles. The summed E-state index contributed by atoms with van der Waals surface area (Å²) in [6, 6.07) is 7.29. The Morgan fingerprint density at radius 3 is 2.53 bits per heavy atom. The monoisotopic (exact) mass is 475 g/mol. The molecule has 4 rings (SSSR count). The van der Waals surface area contributed by atoms with Crippen LogP contribution < -0.4 is 10.1 Å². The SMILES string of the molecule is COc1cc2c(cc1NC(=O)c1cccc(C(F)(F)F)n1)CN([C@H]1CC[C@H](C=O)CC1)C2(C)C. The highest BCUT2D eigenvalue weighted by molar-refractivity contribution is 6.03. The quantitative estimate of drug-likeness (QED) is 0.604. The lowest BCUT2D eigenvalue weighted by atomic mass is 9.84. The van der Waals surface area contributed by atoms with Crippen LogP contribution in [0.3, 0.4) is 0 Å². The summed E-state index contributed by atoms with van der Waals surface area (Å²) in [5.74, 6) is -0.181. The smallest absolute Gasteiger partial charge is 0.433 e. The van der Waals surface area contributed by atoms with E-state index in [0.29, 0.717) is 24.0 Å². The third kappa shape index (κ3) is 4.53. The van der Waals surface area contributed by atoms with E-state index in [0.717, 1.165) is 55.2 Å². The maximum absolute atomic E-state index is 13.0. The molecule has 1 aliphatic carbocycles. The van der Waals surface area contributed by atoms with Gasteiger partial charge in [0.05, 0.1) is 12.8 Å². The summed E-state index contributed by atoms with van der Waals surface area (Å²) in [5, 5.41) is 2.67. The van der Waals surface area contributed by atoms with Gasteiger partial charge < -0.3 is 14.8 Å². The van der Waals surface area contributed by atoms with Gasteiger partial charge in [-0.25, -0.2) is 4.98 Å². The molecule has 2 aromatic rings. The Morgan fingerprint density at radius 2 is 1.91 bits per heavy atom. The number of carbonyl (C=O) groups is 2. The standard InChI is InChI=1S/C25H28F3N3O3/c1-24(2)18-12-21(34-3)20(30-23(33)19-5-4-6-22(29-19)25(26,27)28)11-16(18)13-31(24)17-9-7-15(14-32)8-10-17/h4-6,11-12,14-15,17H,7-10,13H2,1-3H3,(H,30,33)/t15-,17-. The Hall–Kier alpha value is -2.94. The van der Waals surface area contributed by atoms with E-state index in [1.807, 2.05) is 12.1 Å². The van der Waals surface area contributed by atoms with E-state index >= 15 is 0 Å². The van der Waals surface area contributed by atoms with Crippen molar-refractivity contribution >= 4 is 17.9 Å². The maximum atomic E-state index is 13.0. The molecular formula is C25H28F3N3O3. The minimum Gasteiger partial charge on any atom is -0.495 e. The van der Waals surface area contributed by atoms with Gasteiger partial charge in [0.25, 0.3) is 5.91 Å². The van der Waals surface area contributed by atoms with Crippen molar-refractivity contribution in [3.63, 3.8) is 0 Å². The second-order valence-electron chi connectivity index (χ2n) is 9.46. The van der Waals surface area contributed by atoms with Gasteiger partial charge in [-0.2, -0.15) is 13.2 Å². The third-order valence-electron chi connectivity index (χ3n) is 7.04. The van der Waals surface area contributed by atoms with Gasteiger partial charge in [0.1, 0.15) is 23.4 Å². The third-order valence-corrected chi connectivity index (χ3v) is 7.04. The lowest BCUT2D eigenvalue weighted by molar-refractivity contribution is -0.141. The van der Waals surface area contributed by atoms with Crippen LogP contribution in [0.1, 0.15) is 66.8 Å². The van der Waals surface area contributed by atoms with Crippen molar-refractivity contribution in [3.05, 3.63) is 52.8 Å². The van der Waals surface area contributed by atoms with E-state index in [2.05, 4.69) is 29.0 Å². The Kier molecular flexibility index (Phi) is 6.42. The summed E-state index contributed by atoms with van der Waals surface area (Å²) in [5.41, 5.74) is 0.765. The molecule has 0 bridgehead atoms. The van der Waals surface area contributed by atoms with Gasteiger partial charge in [-0.15, -0.1) is 0 Å². The molecular weight excluding hydrogens is 447 g/mol. The number of carbonyl (C=O) groups excluding carboxylic acids is 2. The minimum absolute atomic E-state index is 0.135. The average molecular weight is 476 g/mol. The highest BCUT2D eigenvalue weighted by atomic mass is 19.4. The number of nitrogens with one attached hydrogen (secondary N) is 1. The van der Waals surface area contributed by atoms with E-state index in [1.54, 1.807) is 0 Å². The van der Waals surface area contributed by atoms with Gasteiger partial charge >= 0.3 is 6.18 Å². The number of benzene rings is 1. The molecule has 0 spiro atoms. The zero-order valence-corrected chi connectivity index (χ0v) is 19.4. The lowest BCUT2D eigenvalue weighted by Gasteiger charge is -2.41. The number of amides is 1. The van der Waals surface area contributed by atoms with Gasteiger partial charge in [-0.3, -0.25) is 9.69 Å². The van der Waals surface area contributed by atoms with Crippen molar-refractivity contribution in [2.24, 2.45) is 5.92 Å². The van der Waals surface area contributed by atoms with Crippen LogP contribution in [0.5, 0.6) is 5.75 Å². The molecule has 2 heterocycles. The van der Waals surface area contributed by atoms with Crippen molar-refractivity contribution in [1.29, 1.82) is 0 Å². The number of pyridine rings is 1. The molecule has 1 aromatic carbocycles. The van der Waals surface area contributed by atoms with Crippen molar-refractivity contribution in [1.82, 2.24) is 9.88 Å². The zero-order valence-electron chi connectivity index (χ0n) is 19.4. The predicted molar refractivity (Wildman–Crippen MR) is 121 cm³/mol. The molecule has 1 fully saturated rings. The number of hydrogen-bond donors (Lipinski definition) is 1. The first kappa shape index (κ1) is 24.2. The topological polar surface area (TPSA) is 71.5 Å². The maximum Gasteiger partial charge on any atom is 0.433 e. The lowest BCUT2D eigenvalue weighted by Crippen LogP contribution is -2.44. The first-order valence-electron chi connectivity index (χ1n) is 11.3. The minimum atomic E-state index is -4.64. The van der Waals surface area contributed by atoms with E-state index in [9.17, 15) is 22.8 Å². The van der Waals surface area contributed by atoms with Gasteiger partial charge in [0.15, 0.2) is 0 Å². The second-order valence-corrected chi connectivity index (χ2v) is 9.46. The zero-order chi connectivity index (χ0) is 24.7. The number of aromatic nitrogens is 1. The van der Waals surface area contributed by atoms with Gasteiger partial charge in [0, 0.05) is 24.0 Å². The van der Waals surface area contributed by atoms with E-state index in [-0.39, 0.29) is 17.2 Å². The first-order chi connectivity index (χ1) is 16.0. The number of halogens is 3. The van der Waals surface area contributed by atoms with Crippen molar-refractivity contribution in [2.75, 3.05) is 12.4 Å². The molecule has 0 unspecified atom stereocenters. The Balaban J connectivity index is 1.58. The summed E-state index contributed by atoms with van der Waals surface area (Å²) in [6.07, 6.45) is 0.0730. The number of ether oxygens (including phenoxy) is 1. The number of alkyl halides is 3. The Morgan fingerprint density at radius 1 is 1.21 bits per heavy atom. The molecule has 9 heteroatoms. The highest BCUT2D eigenvalue weighted by Crippen LogP contribution is 2.46. The molecule has 1 amide bonds. The molecule has 0 atom stereocenters. The molecule has 1 aliphatic heterocycles. The fraction of sp³-hybridized carbons (Fsp3) is 0.480. The number of rotatable bonds is 5. The fourth-order valence-electron chi connectivity index (χ4n) is 5.17. The number of anilines is 1. The van der Waals surface area contributed by atoms with Crippen LogP contribution >= 0.6 is 0 Å². The molecule has 1 saturated carbocycles. The van der Waals surface area contributed by atoms with Crippen LogP contribution in [-0.2, 0) is 23.1 Å². The number of methoxy groups -OCH3 is 1. The van der Waals surface area contributed by atoms with Crippen LogP contribution in [0.25, 0.3) is 0 Å².